The van der Waals surface area contributed by atoms with Crippen molar-refractivity contribution >= 4 is 10.9 Å². The van der Waals surface area contributed by atoms with Crippen LogP contribution in [0.3, 0.4) is 0 Å². The maximum absolute atomic E-state index is 12.8. The molecule has 8 rings (SSSR count). The van der Waals surface area contributed by atoms with Gasteiger partial charge in [-0.2, -0.15) is 0 Å². The van der Waals surface area contributed by atoms with E-state index in [4.69, 9.17) is 9.47 Å². The summed E-state index contributed by atoms with van der Waals surface area (Å²) in [6, 6.07) is 12.9. The third-order valence-electron chi connectivity index (χ3n) is 9.27. The molecule has 1 spiro atoms. The van der Waals surface area contributed by atoms with Crippen LogP contribution in [0.5, 0.6) is 11.5 Å². The van der Waals surface area contributed by atoms with Gasteiger partial charge in [0, 0.05) is 35.5 Å². The first-order valence-corrected chi connectivity index (χ1v) is 12.1. The number of H-pyrrole nitrogens is 1. The number of nitrogens with zero attached hydrogens (tertiary/aromatic N) is 1. The normalized spacial score (nSPS) is 34.2. The van der Waals surface area contributed by atoms with Crippen LogP contribution < -0.4 is 9.47 Å². The Morgan fingerprint density at radius 2 is 2.09 bits per heavy atom. The van der Waals surface area contributed by atoms with Crippen LogP contribution >= 0.6 is 0 Å². The second-order valence-corrected chi connectivity index (χ2v) is 10.7. The van der Waals surface area contributed by atoms with Gasteiger partial charge in [0.15, 0.2) is 17.6 Å². The van der Waals surface area contributed by atoms with Gasteiger partial charge in [-0.15, -0.1) is 0 Å². The highest BCUT2D eigenvalue weighted by Crippen LogP contribution is 2.69. The molecule has 2 unspecified atom stereocenters. The predicted octanol–water partition coefficient (Wildman–Crippen LogP) is 3.88. The van der Waals surface area contributed by atoms with Crippen LogP contribution in [-0.4, -0.2) is 46.8 Å². The number of likely N-dealkylation sites (tertiary alicyclic amines) is 1. The van der Waals surface area contributed by atoms with Crippen LogP contribution in [-0.2, 0) is 18.3 Å². The number of nitrogens with one attached hydrogen (secondary N) is 1. The van der Waals surface area contributed by atoms with E-state index in [1.54, 1.807) is 7.11 Å². The highest BCUT2D eigenvalue weighted by Gasteiger charge is 2.72. The summed E-state index contributed by atoms with van der Waals surface area (Å²) in [7, 11) is 1.71. The molecule has 0 amide bonds. The molecule has 32 heavy (non-hydrogen) atoms. The minimum Gasteiger partial charge on any atom is -0.493 e. The van der Waals surface area contributed by atoms with Crippen LogP contribution in [0.1, 0.15) is 47.8 Å². The molecule has 5 heteroatoms. The van der Waals surface area contributed by atoms with Crippen molar-refractivity contribution in [1.82, 2.24) is 9.88 Å². The summed E-state index contributed by atoms with van der Waals surface area (Å²) in [6.45, 7) is 2.14. The van der Waals surface area contributed by atoms with Gasteiger partial charge in [0.2, 0.25) is 0 Å². The van der Waals surface area contributed by atoms with Crippen molar-refractivity contribution in [3.63, 3.8) is 0 Å². The van der Waals surface area contributed by atoms with Gasteiger partial charge in [0.25, 0.3) is 0 Å². The molecule has 2 bridgehead atoms. The summed E-state index contributed by atoms with van der Waals surface area (Å²) in [4.78, 5) is 6.32. The van der Waals surface area contributed by atoms with Gasteiger partial charge >= 0.3 is 0 Å². The van der Waals surface area contributed by atoms with Crippen LogP contribution in [0.15, 0.2) is 36.4 Å². The molecule has 1 saturated carbocycles. The first-order valence-electron chi connectivity index (χ1n) is 12.1. The molecule has 164 valence electrons. The molecule has 5 aliphatic rings. The number of para-hydroxylation sites is 1. The van der Waals surface area contributed by atoms with E-state index < -0.39 is 11.0 Å². The summed E-state index contributed by atoms with van der Waals surface area (Å²) >= 11 is 0. The molecular weight excluding hydrogens is 400 g/mol. The molecule has 3 aromatic rings. The number of rotatable bonds is 3. The van der Waals surface area contributed by atoms with Crippen molar-refractivity contribution in [3.8, 4) is 11.5 Å². The Balaban J connectivity index is 1.42. The molecule has 5 nitrogen and oxygen atoms in total. The Bertz CT molecular complexity index is 1290. The number of aromatic nitrogens is 1. The molecule has 1 saturated heterocycles. The van der Waals surface area contributed by atoms with Crippen molar-refractivity contribution < 1.29 is 14.6 Å². The lowest BCUT2D eigenvalue weighted by Crippen LogP contribution is -2.74. The average molecular weight is 429 g/mol. The SMILES string of the molecule is COc1ccc2c3c1OC1c4[nH]c5ccccc5c4C[C@@]4(O)C(C2)N(CC2CC2)CC[C@]314. The minimum absolute atomic E-state index is 0.122. The number of hydrogen-bond acceptors (Lipinski definition) is 4. The molecule has 3 aliphatic carbocycles. The second kappa shape index (κ2) is 5.70. The molecular formula is C27H28N2O3. The summed E-state index contributed by atoms with van der Waals surface area (Å²) in [6.07, 6.45) is 4.93. The summed E-state index contributed by atoms with van der Waals surface area (Å²) in [5.41, 5.74) is 4.78. The van der Waals surface area contributed by atoms with Crippen LogP contribution in [0, 0.1) is 5.92 Å². The lowest BCUT2D eigenvalue weighted by Gasteiger charge is -2.62. The predicted molar refractivity (Wildman–Crippen MR) is 121 cm³/mol. The fraction of sp³-hybridized carbons (Fsp3) is 0.481. The fourth-order valence-corrected chi connectivity index (χ4v) is 7.72. The monoisotopic (exact) mass is 428 g/mol. The number of hydrogen-bond donors (Lipinski definition) is 2. The van der Waals surface area contributed by atoms with Crippen molar-refractivity contribution in [2.75, 3.05) is 20.2 Å². The van der Waals surface area contributed by atoms with Gasteiger partial charge in [-0.05, 0) is 61.4 Å². The maximum atomic E-state index is 12.8. The maximum Gasteiger partial charge on any atom is 0.166 e. The highest BCUT2D eigenvalue weighted by atomic mass is 16.5. The molecule has 0 radical (unpaired) electrons. The van der Waals surface area contributed by atoms with E-state index in [9.17, 15) is 5.11 Å². The summed E-state index contributed by atoms with van der Waals surface area (Å²) in [5.74, 6) is 2.45. The van der Waals surface area contributed by atoms with Gasteiger partial charge in [0.05, 0.1) is 23.8 Å². The quantitative estimate of drug-likeness (QED) is 0.665. The zero-order valence-electron chi connectivity index (χ0n) is 18.4. The van der Waals surface area contributed by atoms with E-state index in [2.05, 4.69) is 46.3 Å². The second-order valence-electron chi connectivity index (χ2n) is 10.7. The van der Waals surface area contributed by atoms with E-state index in [1.807, 2.05) is 0 Å². The van der Waals surface area contributed by atoms with E-state index in [1.165, 1.54) is 34.9 Å². The molecule has 3 heterocycles. The van der Waals surface area contributed by atoms with E-state index in [0.717, 1.165) is 54.6 Å². The molecule has 2 fully saturated rings. The Hall–Kier alpha value is -2.50. The number of aromatic amines is 1. The molecule has 2 N–H and O–H groups in total. The largest absolute Gasteiger partial charge is 0.493 e. The standard InChI is InChI=1S/C27H28N2O3/c1-31-20-9-8-16-12-21-27(30)13-18-17-4-2-3-5-19(17)28-23(18)25-26(27,22(16)24(20)32-25)10-11-29(21)14-15-6-7-15/h2-5,8-9,15,21,25,28,30H,6-7,10-14H2,1H3/t21?,25?,26-,27+/m0/s1. The minimum atomic E-state index is -0.854. The zero-order chi connectivity index (χ0) is 21.2. The highest BCUT2D eigenvalue weighted by molar-refractivity contribution is 5.86. The van der Waals surface area contributed by atoms with E-state index in [0.29, 0.717) is 6.42 Å². The van der Waals surface area contributed by atoms with Gasteiger partial charge in [0.1, 0.15) is 0 Å². The Kier molecular flexibility index (Phi) is 3.20. The van der Waals surface area contributed by atoms with Crippen LogP contribution in [0.2, 0.25) is 0 Å². The Morgan fingerprint density at radius 3 is 2.94 bits per heavy atom. The van der Waals surface area contributed by atoms with Gasteiger partial charge in [-0.1, -0.05) is 24.3 Å². The van der Waals surface area contributed by atoms with E-state index in [-0.39, 0.29) is 12.1 Å². The number of benzene rings is 2. The smallest absolute Gasteiger partial charge is 0.166 e. The topological polar surface area (TPSA) is 57.7 Å². The van der Waals surface area contributed by atoms with Gasteiger partial charge in [-0.25, -0.2) is 0 Å². The van der Waals surface area contributed by atoms with Gasteiger partial charge in [-0.3, -0.25) is 4.90 Å². The first kappa shape index (κ1) is 18.0. The number of methoxy groups -OCH3 is 1. The summed E-state index contributed by atoms with van der Waals surface area (Å²) in [5, 5.41) is 14.0. The van der Waals surface area contributed by atoms with Crippen LogP contribution in [0.25, 0.3) is 10.9 Å². The average Bonchev–Trinajstić information content (AvgIpc) is 3.44. The third kappa shape index (κ3) is 1.91. The van der Waals surface area contributed by atoms with Crippen molar-refractivity contribution in [2.45, 2.75) is 55.3 Å². The number of ether oxygens (including phenoxy) is 2. The van der Waals surface area contributed by atoms with Gasteiger partial charge < -0.3 is 19.6 Å². The Labute approximate surface area is 187 Å². The summed E-state index contributed by atoms with van der Waals surface area (Å²) < 4.78 is 12.6. The zero-order valence-corrected chi connectivity index (χ0v) is 18.4. The molecule has 4 atom stereocenters. The van der Waals surface area contributed by atoms with Crippen molar-refractivity contribution in [1.29, 1.82) is 0 Å². The van der Waals surface area contributed by atoms with Crippen LogP contribution in [0.4, 0.5) is 0 Å². The molecule has 2 aromatic carbocycles. The fourth-order valence-electron chi connectivity index (χ4n) is 7.72. The third-order valence-corrected chi connectivity index (χ3v) is 9.27. The van der Waals surface area contributed by atoms with Crippen molar-refractivity contribution in [3.05, 3.63) is 58.8 Å². The lowest BCUT2D eigenvalue weighted by atomic mass is 9.49. The first-order chi connectivity index (χ1) is 15.6. The molecule has 2 aliphatic heterocycles. The van der Waals surface area contributed by atoms with Crippen molar-refractivity contribution in [2.24, 2.45) is 5.92 Å². The lowest BCUT2D eigenvalue weighted by molar-refractivity contribution is -0.173. The molecule has 1 aromatic heterocycles. The van der Waals surface area contributed by atoms with E-state index >= 15 is 0 Å². The number of piperidine rings is 1. The Morgan fingerprint density at radius 1 is 1.22 bits per heavy atom. The number of aliphatic hydroxyl groups is 1. The number of fused-ring (bicyclic) bond motifs is 4.